The monoisotopic (exact) mass is 382 g/mol. The van der Waals surface area contributed by atoms with Crippen molar-refractivity contribution in [2.24, 2.45) is 5.92 Å². The van der Waals surface area contributed by atoms with Crippen LogP contribution in [0.3, 0.4) is 0 Å². The van der Waals surface area contributed by atoms with Crippen LogP contribution in [0.4, 0.5) is 24.5 Å². The zero-order valence-corrected chi connectivity index (χ0v) is 16.2. The molecule has 0 bridgehead atoms. The molecule has 1 unspecified atom stereocenters. The van der Waals surface area contributed by atoms with E-state index in [0.29, 0.717) is 0 Å². The number of carbonyl (C=O) groups excluding carboxylic acids is 1. The van der Waals surface area contributed by atoms with Gasteiger partial charge in [0.15, 0.2) is 0 Å². The molecule has 150 valence electrons. The van der Waals surface area contributed by atoms with Gasteiger partial charge in [0.05, 0.1) is 0 Å². The van der Waals surface area contributed by atoms with Crippen LogP contribution in [0.15, 0.2) is 18.2 Å². The predicted molar refractivity (Wildman–Crippen MR) is 102 cm³/mol. The van der Waals surface area contributed by atoms with Gasteiger partial charge < -0.3 is 10.2 Å². The van der Waals surface area contributed by atoms with E-state index in [1.807, 2.05) is 11.4 Å². The fourth-order valence-corrected chi connectivity index (χ4v) is 4.75. The predicted octanol–water partition coefficient (Wildman–Crippen LogP) is 5.65. The highest BCUT2D eigenvalue weighted by Crippen LogP contribution is 2.47. The molecule has 1 amide bonds. The molecule has 1 atom stereocenters. The van der Waals surface area contributed by atoms with Crippen LogP contribution in [0, 0.1) is 5.92 Å². The minimum Gasteiger partial charge on any atom is -0.370 e. The first-order valence-corrected chi connectivity index (χ1v) is 10.0. The summed E-state index contributed by atoms with van der Waals surface area (Å²) in [6.07, 6.45) is 3.51. The zero-order valence-electron chi connectivity index (χ0n) is 16.2. The maximum Gasteiger partial charge on any atom is 0.471 e. The van der Waals surface area contributed by atoms with Crippen molar-refractivity contribution >= 4 is 17.3 Å². The first kappa shape index (κ1) is 20.0. The molecule has 27 heavy (non-hydrogen) atoms. The van der Waals surface area contributed by atoms with Gasteiger partial charge in [0.1, 0.15) is 0 Å². The van der Waals surface area contributed by atoms with Gasteiger partial charge in [-0.05, 0) is 36.5 Å². The number of nitrogens with one attached hydrogen (secondary N) is 1. The van der Waals surface area contributed by atoms with Gasteiger partial charge in [0.25, 0.3) is 0 Å². The largest absolute Gasteiger partial charge is 0.471 e. The molecule has 0 radical (unpaired) electrons. The molecule has 1 aliphatic heterocycles. The van der Waals surface area contributed by atoms with E-state index in [1.54, 1.807) is 12.1 Å². The third-order valence-electron chi connectivity index (χ3n) is 6.04. The second kappa shape index (κ2) is 7.72. The number of alkyl halides is 3. The fraction of sp³-hybridized carbons (Fsp3) is 0.667. The minimum absolute atomic E-state index is 0.0185. The molecular formula is C21H29F3N2O. The van der Waals surface area contributed by atoms with Crippen LogP contribution >= 0.6 is 0 Å². The van der Waals surface area contributed by atoms with E-state index < -0.39 is 12.1 Å². The van der Waals surface area contributed by atoms with Crippen molar-refractivity contribution in [3.8, 4) is 0 Å². The van der Waals surface area contributed by atoms with Crippen LogP contribution in [-0.4, -0.2) is 25.2 Å². The number of benzene rings is 1. The van der Waals surface area contributed by atoms with E-state index in [9.17, 15) is 18.0 Å². The first-order valence-electron chi connectivity index (χ1n) is 10.0. The van der Waals surface area contributed by atoms with E-state index in [4.69, 9.17) is 0 Å². The third kappa shape index (κ3) is 4.41. The number of carbonyl (C=O) groups is 1. The van der Waals surface area contributed by atoms with Crippen LogP contribution < -0.4 is 10.2 Å². The molecule has 1 aliphatic carbocycles. The van der Waals surface area contributed by atoms with Gasteiger partial charge in [-0.15, -0.1) is 0 Å². The molecule has 1 N–H and O–H groups in total. The number of unbranched alkanes of at least 4 members (excludes halogenated alkanes) is 1. The van der Waals surface area contributed by atoms with Crippen LogP contribution in [0.2, 0.25) is 0 Å². The Balaban J connectivity index is 1.86. The molecular weight excluding hydrogens is 353 g/mol. The summed E-state index contributed by atoms with van der Waals surface area (Å²) in [6, 6.07) is 5.25. The Morgan fingerprint density at radius 3 is 2.63 bits per heavy atom. The van der Waals surface area contributed by atoms with Crippen LogP contribution in [0.25, 0.3) is 0 Å². The van der Waals surface area contributed by atoms with E-state index >= 15 is 0 Å². The second-order valence-electron chi connectivity index (χ2n) is 8.37. The SMILES string of the molecule is CCCCN1CC(C)(CC2CCCC2)c2ccc(NC(=O)C(F)(F)F)cc21. The summed E-state index contributed by atoms with van der Waals surface area (Å²) in [5.41, 5.74) is 2.41. The Bertz CT molecular complexity index is 682. The number of amides is 1. The maximum atomic E-state index is 12.6. The smallest absolute Gasteiger partial charge is 0.370 e. The standard InChI is InChI=1S/C21H29F3N2O/c1-3-4-11-26-14-20(2,13-15-7-5-6-8-15)17-10-9-16(12-18(17)26)25-19(27)21(22,23)24/h9-10,12,15H,3-8,11,13-14H2,1-2H3,(H,25,27). The van der Waals surface area contributed by atoms with E-state index in [1.165, 1.54) is 31.2 Å². The minimum atomic E-state index is -4.88. The lowest BCUT2D eigenvalue weighted by Crippen LogP contribution is -2.33. The zero-order chi connectivity index (χ0) is 19.7. The average molecular weight is 382 g/mol. The molecule has 6 heteroatoms. The third-order valence-corrected chi connectivity index (χ3v) is 6.04. The molecule has 1 saturated carbocycles. The lowest BCUT2D eigenvalue weighted by molar-refractivity contribution is -0.167. The molecule has 1 heterocycles. The average Bonchev–Trinajstić information content (AvgIpc) is 3.19. The fourth-order valence-electron chi connectivity index (χ4n) is 4.75. The number of hydrogen-bond acceptors (Lipinski definition) is 2. The van der Waals surface area contributed by atoms with Crippen molar-refractivity contribution in [3.63, 3.8) is 0 Å². The van der Waals surface area contributed by atoms with E-state index in [-0.39, 0.29) is 11.1 Å². The topological polar surface area (TPSA) is 32.3 Å². The summed E-state index contributed by atoms with van der Waals surface area (Å²) in [6.45, 7) is 6.20. The molecule has 3 rings (SSSR count). The maximum absolute atomic E-state index is 12.6. The van der Waals surface area contributed by atoms with Gasteiger partial charge in [-0.25, -0.2) is 0 Å². The highest BCUT2D eigenvalue weighted by molar-refractivity contribution is 5.95. The summed E-state index contributed by atoms with van der Waals surface area (Å²) in [7, 11) is 0. The summed E-state index contributed by atoms with van der Waals surface area (Å²) in [4.78, 5) is 13.6. The molecule has 0 aromatic heterocycles. The highest BCUT2D eigenvalue weighted by atomic mass is 19.4. The number of hydrogen-bond donors (Lipinski definition) is 1. The van der Waals surface area contributed by atoms with Crippen LogP contribution in [-0.2, 0) is 10.2 Å². The number of rotatable bonds is 6. The van der Waals surface area contributed by atoms with Crippen molar-refractivity contribution in [1.29, 1.82) is 0 Å². The molecule has 0 spiro atoms. The number of nitrogens with zero attached hydrogens (tertiary/aromatic N) is 1. The van der Waals surface area contributed by atoms with E-state index in [0.717, 1.165) is 44.0 Å². The normalized spacial score (nSPS) is 22.9. The number of anilines is 2. The van der Waals surface area contributed by atoms with Gasteiger partial charge >= 0.3 is 12.1 Å². The van der Waals surface area contributed by atoms with Gasteiger partial charge in [-0.1, -0.05) is 52.0 Å². The second-order valence-corrected chi connectivity index (χ2v) is 8.37. The van der Waals surface area contributed by atoms with Crippen molar-refractivity contribution in [2.45, 2.75) is 70.4 Å². The van der Waals surface area contributed by atoms with Crippen molar-refractivity contribution in [3.05, 3.63) is 23.8 Å². The Morgan fingerprint density at radius 2 is 2.00 bits per heavy atom. The molecule has 0 saturated heterocycles. The Labute approximate surface area is 159 Å². The summed E-state index contributed by atoms with van der Waals surface area (Å²) >= 11 is 0. The molecule has 1 aromatic carbocycles. The number of fused-ring (bicyclic) bond motifs is 1. The van der Waals surface area contributed by atoms with Crippen molar-refractivity contribution in [2.75, 3.05) is 23.3 Å². The van der Waals surface area contributed by atoms with Crippen LogP contribution in [0.5, 0.6) is 0 Å². The van der Waals surface area contributed by atoms with Crippen molar-refractivity contribution in [1.82, 2.24) is 0 Å². The van der Waals surface area contributed by atoms with Gasteiger partial charge in [0.2, 0.25) is 0 Å². The van der Waals surface area contributed by atoms with Gasteiger partial charge in [-0.3, -0.25) is 4.79 Å². The Morgan fingerprint density at radius 1 is 1.30 bits per heavy atom. The number of halogens is 3. The molecule has 3 nitrogen and oxygen atoms in total. The molecule has 2 aliphatic rings. The van der Waals surface area contributed by atoms with Gasteiger partial charge in [-0.2, -0.15) is 13.2 Å². The Hall–Kier alpha value is -1.72. The lowest BCUT2D eigenvalue weighted by atomic mass is 9.76. The van der Waals surface area contributed by atoms with Gasteiger partial charge in [0, 0.05) is 29.9 Å². The highest BCUT2D eigenvalue weighted by Gasteiger charge is 2.42. The lowest BCUT2D eigenvalue weighted by Gasteiger charge is -2.29. The summed E-state index contributed by atoms with van der Waals surface area (Å²) < 4.78 is 37.7. The van der Waals surface area contributed by atoms with Crippen LogP contribution in [0.1, 0.15) is 64.4 Å². The molecule has 1 fully saturated rings. The summed E-state index contributed by atoms with van der Waals surface area (Å²) in [5, 5.41) is 2.00. The first-order chi connectivity index (χ1) is 12.7. The Kier molecular flexibility index (Phi) is 5.73. The summed E-state index contributed by atoms with van der Waals surface area (Å²) in [5.74, 6) is -1.19. The quantitative estimate of drug-likeness (QED) is 0.690. The molecule has 1 aromatic rings. The van der Waals surface area contributed by atoms with Crippen molar-refractivity contribution < 1.29 is 18.0 Å². The van der Waals surface area contributed by atoms with E-state index in [2.05, 4.69) is 18.7 Å².